The minimum absolute atomic E-state index is 0.291. The van der Waals surface area contributed by atoms with Gasteiger partial charge in [0.15, 0.2) is 0 Å². The highest BCUT2D eigenvalue weighted by atomic mass is 16.5. The van der Waals surface area contributed by atoms with E-state index in [1.807, 2.05) is 20.8 Å². The molecule has 4 heteroatoms. The van der Waals surface area contributed by atoms with Crippen LogP contribution in [0, 0.1) is 20.8 Å². The van der Waals surface area contributed by atoms with Gasteiger partial charge < -0.3 is 14.9 Å². The maximum atomic E-state index is 11.4. The highest BCUT2D eigenvalue weighted by Gasteiger charge is 2.38. The van der Waals surface area contributed by atoms with Crippen molar-refractivity contribution in [1.29, 1.82) is 0 Å². The maximum absolute atomic E-state index is 11.4. The third-order valence-corrected chi connectivity index (χ3v) is 4.20. The molecule has 0 fully saturated rings. The molecule has 1 heterocycles. The van der Waals surface area contributed by atoms with Gasteiger partial charge in [-0.25, -0.2) is 4.79 Å². The van der Waals surface area contributed by atoms with Crippen molar-refractivity contribution >= 4 is 5.97 Å². The van der Waals surface area contributed by atoms with Crippen LogP contribution >= 0.6 is 0 Å². The molecule has 1 aliphatic rings. The van der Waals surface area contributed by atoms with E-state index in [4.69, 9.17) is 4.74 Å². The number of benzene rings is 1. The SMILES string of the molecule is Cc1c(C)c2c(c(C)c1O)CCC[C@@](C)(C(=O)O)O2. The lowest BCUT2D eigenvalue weighted by atomic mass is 9.94. The number of fused-ring (bicyclic) bond motifs is 1. The van der Waals surface area contributed by atoms with Gasteiger partial charge in [-0.2, -0.15) is 0 Å². The standard InChI is InChI=1S/C15H20O4/c1-8-9(2)13-11(10(3)12(8)16)6-5-7-15(4,19-13)14(17)18/h16H,5-7H2,1-4H3,(H,17,18)/t15-/m0/s1. The normalized spacial score (nSPS) is 22.3. The van der Waals surface area contributed by atoms with Crippen LogP contribution in [0.3, 0.4) is 0 Å². The summed E-state index contributed by atoms with van der Waals surface area (Å²) in [4.78, 5) is 11.4. The molecule has 2 rings (SSSR count). The van der Waals surface area contributed by atoms with E-state index in [2.05, 4.69) is 0 Å². The molecule has 19 heavy (non-hydrogen) atoms. The predicted molar refractivity (Wildman–Crippen MR) is 71.9 cm³/mol. The Bertz CT molecular complexity index is 548. The molecule has 2 N–H and O–H groups in total. The minimum Gasteiger partial charge on any atom is -0.507 e. The van der Waals surface area contributed by atoms with Gasteiger partial charge in [-0.05, 0) is 63.6 Å². The summed E-state index contributed by atoms with van der Waals surface area (Å²) in [5.74, 6) is -0.0166. The first-order valence-electron chi connectivity index (χ1n) is 6.52. The maximum Gasteiger partial charge on any atom is 0.347 e. The number of hydrogen-bond acceptors (Lipinski definition) is 3. The fourth-order valence-corrected chi connectivity index (χ4v) is 2.64. The fourth-order valence-electron chi connectivity index (χ4n) is 2.64. The third-order valence-electron chi connectivity index (χ3n) is 4.20. The summed E-state index contributed by atoms with van der Waals surface area (Å²) in [7, 11) is 0. The highest BCUT2D eigenvalue weighted by Crippen LogP contribution is 2.42. The van der Waals surface area contributed by atoms with Crippen molar-refractivity contribution in [3.63, 3.8) is 0 Å². The Balaban J connectivity index is 2.64. The van der Waals surface area contributed by atoms with Gasteiger partial charge in [0, 0.05) is 5.56 Å². The fraction of sp³-hybridized carbons (Fsp3) is 0.533. The van der Waals surface area contributed by atoms with E-state index in [1.165, 1.54) is 0 Å². The van der Waals surface area contributed by atoms with Crippen LogP contribution in [-0.4, -0.2) is 21.8 Å². The van der Waals surface area contributed by atoms with Crippen LogP contribution in [0.4, 0.5) is 0 Å². The summed E-state index contributed by atoms with van der Waals surface area (Å²) >= 11 is 0. The number of carboxylic acid groups (broad SMARTS) is 1. The van der Waals surface area contributed by atoms with Crippen molar-refractivity contribution < 1.29 is 19.7 Å². The Kier molecular flexibility index (Phi) is 3.20. The molecule has 4 nitrogen and oxygen atoms in total. The average molecular weight is 264 g/mol. The van der Waals surface area contributed by atoms with Gasteiger partial charge >= 0.3 is 5.97 Å². The number of phenols is 1. The molecule has 1 aromatic carbocycles. The zero-order chi connectivity index (χ0) is 14.4. The van der Waals surface area contributed by atoms with Crippen molar-refractivity contribution in [1.82, 2.24) is 0 Å². The van der Waals surface area contributed by atoms with Gasteiger partial charge in [0.1, 0.15) is 11.5 Å². The molecule has 1 atom stereocenters. The Morgan fingerprint density at radius 3 is 2.42 bits per heavy atom. The molecule has 0 saturated carbocycles. The molecule has 1 aliphatic heterocycles. The number of hydrogen-bond donors (Lipinski definition) is 2. The first kappa shape index (κ1) is 13.7. The number of ether oxygens (including phenoxy) is 1. The van der Waals surface area contributed by atoms with Crippen LogP contribution < -0.4 is 4.74 Å². The molecule has 0 aliphatic carbocycles. The number of aromatic hydroxyl groups is 1. The molecule has 0 spiro atoms. The lowest BCUT2D eigenvalue weighted by molar-refractivity contribution is -0.154. The van der Waals surface area contributed by atoms with Gasteiger partial charge in [-0.1, -0.05) is 0 Å². The molecule has 104 valence electrons. The predicted octanol–water partition coefficient (Wildman–Crippen LogP) is 2.88. The number of aliphatic carboxylic acids is 1. The first-order chi connectivity index (χ1) is 8.78. The monoisotopic (exact) mass is 264 g/mol. The van der Waals surface area contributed by atoms with Gasteiger partial charge in [-0.15, -0.1) is 0 Å². The van der Waals surface area contributed by atoms with Crippen LogP contribution in [0.5, 0.6) is 11.5 Å². The quantitative estimate of drug-likeness (QED) is 0.818. The molecule has 0 radical (unpaired) electrons. The van der Waals surface area contributed by atoms with Gasteiger partial charge in [-0.3, -0.25) is 0 Å². The molecular weight excluding hydrogens is 244 g/mol. The number of phenolic OH excluding ortho intramolecular Hbond substituents is 1. The average Bonchev–Trinajstić information content (AvgIpc) is 2.54. The summed E-state index contributed by atoms with van der Waals surface area (Å²) in [6, 6.07) is 0. The van der Waals surface area contributed by atoms with E-state index in [0.29, 0.717) is 17.9 Å². The van der Waals surface area contributed by atoms with Crippen LogP contribution in [0.25, 0.3) is 0 Å². The van der Waals surface area contributed by atoms with Crippen molar-refractivity contribution in [2.45, 2.75) is 52.6 Å². The molecule has 1 aromatic rings. The summed E-state index contributed by atoms with van der Waals surface area (Å²) in [5.41, 5.74) is 2.13. The van der Waals surface area contributed by atoms with Crippen molar-refractivity contribution in [3.8, 4) is 11.5 Å². The minimum atomic E-state index is -1.19. The molecule has 0 unspecified atom stereocenters. The van der Waals surface area contributed by atoms with Crippen LogP contribution in [0.15, 0.2) is 0 Å². The zero-order valence-electron chi connectivity index (χ0n) is 11.8. The number of carbonyl (C=O) groups is 1. The van der Waals surface area contributed by atoms with E-state index < -0.39 is 11.6 Å². The third kappa shape index (κ3) is 2.05. The second kappa shape index (κ2) is 4.44. The Morgan fingerprint density at radius 1 is 1.21 bits per heavy atom. The van der Waals surface area contributed by atoms with Crippen molar-refractivity contribution in [2.24, 2.45) is 0 Å². The second-order valence-corrected chi connectivity index (χ2v) is 5.52. The topological polar surface area (TPSA) is 66.8 Å². The Hall–Kier alpha value is -1.71. The van der Waals surface area contributed by atoms with Crippen molar-refractivity contribution in [3.05, 3.63) is 22.3 Å². The molecular formula is C15H20O4. The summed E-state index contributed by atoms with van der Waals surface area (Å²) in [6.45, 7) is 7.15. The number of carboxylic acids is 1. The summed E-state index contributed by atoms with van der Waals surface area (Å²) in [6.07, 6.45) is 1.94. The van der Waals surface area contributed by atoms with Crippen LogP contribution in [0.1, 0.15) is 42.0 Å². The highest BCUT2D eigenvalue weighted by molar-refractivity contribution is 5.78. The van der Waals surface area contributed by atoms with E-state index in [-0.39, 0.29) is 0 Å². The molecule has 0 amide bonds. The molecule has 0 aromatic heterocycles. The molecule has 0 saturated heterocycles. The smallest absolute Gasteiger partial charge is 0.347 e. The van der Waals surface area contributed by atoms with E-state index >= 15 is 0 Å². The summed E-state index contributed by atoms with van der Waals surface area (Å²) in [5, 5.41) is 19.5. The zero-order valence-corrected chi connectivity index (χ0v) is 11.8. The van der Waals surface area contributed by atoms with Gasteiger partial charge in [0.25, 0.3) is 0 Å². The lowest BCUT2D eigenvalue weighted by Gasteiger charge is -2.26. The van der Waals surface area contributed by atoms with Gasteiger partial charge in [0.05, 0.1) is 0 Å². The van der Waals surface area contributed by atoms with Crippen molar-refractivity contribution in [2.75, 3.05) is 0 Å². The van der Waals surface area contributed by atoms with E-state index in [1.54, 1.807) is 6.92 Å². The Labute approximate surface area is 113 Å². The first-order valence-corrected chi connectivity index (χ1v) is 6.52. The Morgan fingerprint density at radius 2 is 1.84 bits per heavy atom. The van der Waals surface area contributed by atoms with Gasteiger partial charge in [0.2, 0.25) is 5.60 Å². The van der Waals surface area contributed by atoms with E-state index in [9.17, 15) is 15.0 Å². The second-order valence-electron chi connectivity index (χ2n) is 5.52. The summed E-state index contributed by atoms with van der Waals surface area (Å²) < 4.78 is 5.84. The largest absolute Gasteiger partial charge is 0.507 e. The lowest BCUT2D eigenvalue weighted by Crippen LogP contribution is -2.41. The van der Waals surface area contributed by atoms with Crippen LogP contribution in [0.2, 0.25) is 0 Å². The van der Waals surface area contributed by atoms with E-state index in [0.717, 1.165) is 35.1 Å². The number of rotatable bonds is 1. The van der Waals surface area contributed by atoms with Crippen LogP contribution in [-0.2, 0) is 11.2 Å². The molecule has 0 bridgehead atoms.